The van der Waals surface area contributed by atoms with Crippen LogP contribution in [0.25, 0.3) is 11.4 Å². The van der Waals surface area contributed by atoms with Gasteiger partial charge >= 0.3 is 0 Å². The van der Waals surface area contributed by atoms with Crippen LogP contribution in [0.4, 0.5) is 0 Å². The summed E-state index contributed by atoms with van der Waals surface area (Å²) < 4.78 is 32.9. The van der Waals surface area contributed by atoms with E-state index >= 15 is 0 Å². The van der Waals surface area contributed by atoms with Gasteiger partial charge in [-0.1, -0.05) is 30.3 Å². The number of rotatable bonds is 3. The molecule has 2 aliphatic heterocycles. The van der Waals surface area contributed by atoms with Crippen molar-refractivity contribution in [3.8, 4) is 11.4 Å². The minimum absolute atomic E-state index is 0.300. The average molecular weight is 346 g/mol. The number of benzene rings is 1. The van der Waals surface area contributed by atoms with E-state index in [1.54, 1.807) is 6.20 Å². The highest BCUT2D eigenvalue weighted by molar-refractivity contribution is 7.86. The van der Waals surface area contributed by atoms with Gasteiger partial charge in [-0.3, -0.25) is 0 Å². The number of fused-ring (bicyclic) bond motifs is 2. The van der Waals surface area contributed by atoms with Crippen molar-refractivity contribution in [1.82, 2.24) is 18.6 Å². The molecule has 0 amide bonds. The van der Waals surface area contributed by atoms with Crippen LogP contribution in [-0.4, -0.2) is 54.2 Å². The summed E-state index contributed by atoms with van der Waals surface area (Å²) in [5, 5.41) is 0. The van der Waals surface area contributed by atoms with Crippen LogP contribution >= 0.6 is 0 Å². The number of aromatic nitrogens is 2. The second-order valence-corrected chi connectivity index (χ2v) is 8.40. The molecule has 1 aromatic carbocycles. The Morgan fingerprint density at radius 3 is 2.58 bits per heavy atom. The third-order valence-electron chi connectivity index (χ3n) is 4.53. The Morgan fingerprint density at radius 1 is 1.21 bits per heavy atom. The van der Waals surface area contributed by atoms with E-state index < -0.39 is 15.8 Å². The van der Waals surface area contributed by atoms with Crippen molar-refractivity contribution in [1.29, 1.82) is 0 Å². The zero-order valence-corrected chi connectivity index (χ0v) is 14.3. The van der Waals surface area contributed by atoms with Crippen LogP contribution in [-0.2, 0) is 27.2 Å². The quantitative estimate of drug-likeness (QED) is 0.828. The van der Waals surface area contributed by atoms with Gasteiger partial charge in [0.25, 0.3) is 10.2 Å². The second-order valence-electron chi connectivity index (χ2n) is 6.26. The van der Waals surface area contributed by atoms with Gasteiger partial charge in [-0.05, 0) is 0 Å². The standard InChI is InChI=1S/C16H18N4O3S/c1-19(2)24(21,22)20-10-16(11-20)13-8-17-15(18-14(13)9-23-16)12-6-4-3-5-7-12/h3-8H,9-11H2,1-2H3. The molecule has 4 rings (SSSR count). The van der Waals surface area contributed by atoms with Crippen LogP contribution < -0.4 is 0 Å². The molecule has 1 saturated heterocycles. The zero-order chi connectivity index (χ0) is 16.9. The third kappa shape index (κ3) is 2.26. The molecule has 24 heavy (non-hydrogen) atoms. The molecule has 1 spiro atoms. The summed E-state index contributed by atoms with van der Waals surface area (Å²) in [6, 6.07) is 9.76. The van der Waals surface area contributed by atoms with E-state index in [-0.39, 0.29) is 0 Å². The zero-order valence-electron chi connectivity index (χ0n) is 13.5. The lowest BCUT2D eigenvalue weighted by Gasteiger charge is -2.46. The van der Waals surface area contributed by atoms with Crippen LogP contribution in [0.1, 0.15) is 11.3 Å². The highest BCUT2D eigenvalue weighted by Gasteiger charge is 2.55. The van der Waals surface area contributed by atoms with Crippen LogP contribution in [0, 0.1) is 0 Å². The number of hydrogen-bond donors (Lipinski definition) is 0. The molecule has 3 heterocycles. The molecular formula is C16H18N4O3S. The Hall–Kier alpha value is -1.87. The molecular weight excluding hydrogens is 328 g/mol. The predicted molar refractivity (Wildman–Crippen MR) is 88.1 cm³/mol. The van der Waals surface area contributed by atoms with Crippen molar-refractivity contribution in [3.05, 3.63) is 47.8 Å². The van der Waals surface area contributed by atoms with Crippen molar-refractivity contribution < 1.29 is 13.2 Å². The van der Waals surface area contributed by atoms with E-state index in [0.717, 1.165) is 16.8 Å². The first kappa shape index (κ1) is 15.6. The van der Waals surface area contributed by atoms with E-state index in [1.807, 2.05) is 30.3 Å². The van der Waals surface area contributed by atoms with Crippen LogP contribution in [0.3, 0.4) is 0 Å². The fourth-order valence-corrected chi connectivity index (χ4v) is 4.30. The fourth-order valence-electron chi connectivity index (χ4n) is 3.10. The molecule has 126 valence electrons. The summed E-state index contributed by atoms with van der Waals surface area (Å²) in [6.45, 7) is 0.983. The molecule has 8 heteroatoms. The molecule has 0 N–H and O–H groups in total. The summed E-state index contributed by atoms with van der Waals surface area (Å²) >= 11 is 0. The summed E-state index contributed by atoms with van der Waals surface area (Å²) in [5.74, 6) is 0.659. The minimum Gasteiger partial charge on any atom is -0.361 e. The number of nitrogens with zero attached hydrogens (tertiary/aromatic N) is 4. The molecule has 0 radical (unpaired) electrons. The van der Waals surface area contributed by atoms with Gasteiger partial charge in [-0.2, -0.15) is 17.0 Å². The highest BCUT2D eigenvalue weighted by atomic mass is 32.2. The fraction of sp³-hybridized carbons (Fsp3) is 0.375. The van der Waals surface area contributed by atoms with Crippen LogP contribution in [0.2, 0.25) is 0 Å². The number of hydrogen-bond acceptors (Lipinski definition) is 5. The van der Waals surface area contributed by atoms with Gasteiger partial charge in [-0.15, -0.1) is 0 Å². The Kier molecular flexibility index (Phi) is 3.47. The lowest BCUT2D eigenvalue weighted by molar-refractivity contribution is -0.113. The van der Waals surface area contributed by atoms with Crippen molar-refractivity contribution in [2.24, 2.45) is 0 Å². The van der Waals surface area contributed by atoms with Gasteiger partial charge in [0.1, 0.15) is 5.60 Å². The molecule has 0 unspecified atom stereocenters. The van der Waals surface area contributed by atoms with Gasteiger partial charge in [-0.25, -0.2) is 9.97 Å². The van der Waals surface area contributed by atoms with E-state index in [9.17, 15) is 8.42 Å². The SMILES string of the molecule is CN(C)S(=O)(=O)N1CC2(C1)OCc1nc(-c3ccccc3)ncc12. The predicted octanol–water partition coefficient (Wildman–Crippen LogP) is 0.991. The summed E-state index contributed by atoms with van der Waals surface area (Å²) in [4.78, 5) is 9.06. The maximum absolute atomic E-state index is 12.2. The normalized spacial score (nSPS) is 19.5. The first-order valence-electron chi connectivity index (χ1n) is 7.66. The average Bonchev–Trinajstić information content (AvgIpc) is 2.93. The second kappa shape index (κ2) is 5.32. The Labute approximate surface area is 141 Å². The van der Waals surface area contributed by atoms with Gasteiger partial charge in [0.15, 0.2) is 5.82 Å². The lowest BCUT2D eigenvalue weighted by atomic mass is 9.90. The highest BCUT2D eigenvalue weighted by Crippen LogP contribution is 2.44. The maximum Gasteiger partial charge on any atom is 0.281 e. The lowest BCUT2D eigenvalue weighted by Crippen LogP contribution is -2.63. The molecule has 2 aromatic rings. The molecule has 0 saturated carbocycles. The molecule has 0 atom stereocenters. The van der Waals surface area contributed by atoms with E-state index in [4.69, 9.17) is 4.74 Å². The first-order chi connectivity index (χ1) is 11.4. The molecule has 7 nitrogen and oxygen atoms in total. The Morgan fingerprint density at radius 2 is 1.92 bits per heavy atom. The molecule has 1 fully saturated rings. The summed E-state index contributed by atoms with van der Waals surface area (Å²) in [7, 11) is -0.358. The summed E-state index contributed by atoms with van der Waals surface area (Å²) in [5.41, 5.74) is 2.08. The van der Waals surface area contributed by atoms with Crippen molar-refractivity contribution in [3.63, 3.8) is 0 Å². The monoisotopic (exact) mass is 346 g/mol. The molecule has 2 aliphatic rings. The van der Waals surface area contributed by atoms with Crippen molar-refractivity contribution in [2.75, 3.05) is 27.2 Å². The van der Waals surface area contributed by atoms with Crippen LogP contribution in [0.15, 0.2) is 36.5 Å². The Balaban J connectivity index is 1.61. The third-order valence-corrected chi connectivity index (χ3v) is 6.36. The largest absolute Gasteiger partial charge is 0.361 e. The molecule has 0 aliphatic carbocycles. The molecule has 1 aromatic heterocycles. The number of ether oxygens (including phenoxy) is 1. The van der Waals surface area contributed by atoms with Gasteiger partial charge < -0.3 is 4.74 Å². The van der Waals surface area contributed by atoms with E-state index in [2.05, 4.69) is 9.97 Å². The van der Waals surface area contributed by atoms with Crippen LogP contribution in [0.5, 0.6) is 0 Å². The first-order valence-corrected chi connectivity index (χ1v) is 9.05. The minimum atomic E-state index is -3.41. The maximum atomic E-state index is 12.2. The van der Waals surface area contributed by atoms with Crippen molar-refractivity contribution in [2.45, 2.75) is 12.2 Å². The van der Waals surface area contributed by atoms with Gasteiger partial charge in [0, 0.05) is 44.5 Å². The topological polar surface area (TPSA) is 75.6 Å². The van der Waals surface area contributed by atoms with Crippen molar-refractivity contribution >= 4 is 10.2 Å². The van der Waals surface area contributed by atoms with E-state index in [0.29, 0.717) is 25.5 Å². The smallest absolute Gasteiger partial charge is 0.281 e. The Bertz CT molecular complexity index is 877. The van der Waals surface area contributed by atoms with Gasteiger partial charge in [0.05, 0.1) is 12.3 Å². The molecule has 0 bridgehead atoms. The summed E-state index contributed by atoms with van der Waals surface area (Å²) in [6.07, 6.45) is 1.78. The van der Waals surface area contributed by atoms with E-state index in [1.165, 1.54) is 22.7 Å². The van der Waals surface area contributed by atoms with Gasteiger partial charge in [0.2, 0.25) is 0 Å².